The summed E-state index contributed by atoms with van der Waals surface area (Å²) in [5.41, 5.74) is -0.978. The molecule has 1 aromatic carbocycles. The molecule has 0 fully saturated rings. The second-order valence-electron chi connectivity index (χ2n) is 4.18. The van der Waals surface area contributed by atoms with E-state index < -0.39 is 23.3 Å². The van der Waals surface area contributed by atoms with E-state index >= 15 is 0 Å². The molecule has 5 nitrogen and oxygen atoms in total. The van der Waals surface area contributed by atoms with Crippen molar-refractivity contribution in [2.75, 3.05) is 13.2 Å². The lowest BCUT2D eigenvalue weighted by Gasteiger charge is -2.23. The highest BCUT2D eigenvalue weighted by Crippen LogP contribution is 2.19. The van der Waals surface area contributed by atoms with Crippen molar-refractivity contribution < 1.29 is 23.8 Å². The molecule has 1 amide bonds. The highest BCUT2D eigenvalue weighted by Gasteiger charge is 2.25. The van der Waals surface area contributed by atoms with Crippen molar-refractivity contribution in [1.29, 1.82) is 0 Å². The molecule has 0 radical (unpaired) electrons. The van der Waals surface area contributed by atoms with Crippen LogP contribution < -0.4 is 5.32 Å². The monoisotopic (exact) mass is 269 g/mol. The number of aliphatic hydroxyl groups is 1. The van der Waals surface area contributed by atoms with Crippen molar-refractivity contribution in [3.63, 3.8) is 0 Å². The SMILES string of the molecule is CCOC(=O)C(=O)NCC(C)(O)c1ccc(F)cc1. The van der Waals surface area contributed by atoms with E-state index in [0.717, 1.165) is 0 Å². The van der Waals surface area contributed by atoms with Crippen LogP contribution in [-0.2, 0) is 19.9 Å². The van der Waals surface area contributed by atoms with Crippen LogP contribution in [0.15, 0.2) is 24.3 Å². The number of halogens is 1. The molecule has 0 aliphatic heterocycles. The Balaban J connectivity index is 2.62. The summed E-state index contributed by atoms with van der Waals surface area (Å²) in [5.74, 6) is -2.35. The van der Waals surface area contributed by atoms with Crippen molar-refractivity contribution in [3.05, 3.63) is 35.6 Å². The fourth-order valence-electron chi connectivity index (χ4n) is 1.43. The lowest BCUT2D eigenvalue weighted by atomic mass is 9.96. The van der Waals surface area contributed by atoms with Gasteiger partial charge in [-0.1, -0.05) is 12.1 Å². The van der Waals surface area contributed by atoms with Crippen molar-refractivity contribution in [2.45, 2.75) is 19.4 Å². The van der Waals surface area contributed by atoms with Crippen LogP contribution in [0.5, 0.6) is 0 Å². The maximum absolute atomic E-state index is 12.8. The van der Waals surface area contributed by atoms with Crippen molar-refractivity contribution >= 4 is 11.9 Å². The largest absolute Gasteiger partial charge is 0.459 e. The first kappa shape index (κ1) is 15.1. The highest BCUT2D eigenvalue weighted by molar-refractivity contribution is 6.32. The fourth-order valence-corrected chi connectivity index (χ4v) is 1.43. The number of hydrogen-bond acceptors (Lipinski definition) is 4. The zero-order chi connectivity index (χ0) is 14.5. The van der Waals surface area contributed by atoms with Crippen LogP contribution in [0.1, 0.15) is 19.4 Å². The molecule has 0 saturated carbocycles. The van der Waals surface area contributed by atoms with E-state index in [4.69, 9.17) is 0 Å². The standard InChI is InChI=1S/C13H16FNO4/c1-3-19-12(17)11(16)15-8-13(2,18)9-4-6-10(14)7-5-9/h4-7,18H,3,8H2,1-2H3,(H,15,16). The van der Waals surface area contributed by atoms with Gasteiger partial charge in [-0.3, -0.25) is 4.79 Å². The van der Waals surface area contributed by atoms with Crippen LogP contribution in [0, 0.1) is 5.82 Å². The summed E-state index contributed by atoms with van der Waals surface area (Å²) in [6.45, 7) is 2.95. The third-order valence-electron chi connectivity index (χ3n) is 2.52. The number of carbonyl (C=O) groups excluding carboxylic acids is 2. The summed E-state index contributed by atoms with van der Waals surface area (Å²) in [6.07, 6.45) is 0. The molecular formula is C13H16FNO4. The fraction of sp³-hybridized carbons (Fsp3) is 0.385. The average molecular weight is 269 g/mol. The molecule has 104 valence electrons. The van der Waals surface area contributed by atoms with Crippen molar-refractivity contribution in [2.24, 2.45) is 0 Å². The number of benzene rings is 1. The van der Waals surface area contributed by atoms with Crippen LogP contribution in [0.25, 0.3) is 0 Å². The second kappa shape index (κ2) is 6.29. The van der Waals surface area contributed by atoms with E-state index in [1.165, 1.54) is 31.2 Å². The third kappa shape index (κ3) is 4.33. The van der Waals surface area contributed by atoms with Gasteiger partial charge in [0.1, 0.15) is 11.4 Å². The average Bonchev–Trinajstić information content (AvgIpc) is 2.37. The lowest BCUT2D eigenvalue weighted by Crippen LogP contribution is -2.42. The Bertz CT molecular complexity index is 456. The van der Waals surface area contributed by atoms with Crippen LogP contribution in [0.4, 0.5) is 4.39 Å². The van der Waals surface area contributed by atoms with Gasteiger partial charge in [-0.05, 0) is 31.5 Å². The number of ether oxygens (including phenoxy) is 1. The molecule has 0 aromatic heterocycles. The molecule has 1 rings (SSSR count). The molecule has 1 atom stereocenters. The molecule has 0 aliphatic carbocycles. The highest BCUT2D eigenvalue weighted by atomic mass is 19.1. The van der Waals surface area contributed by atoms with Gasteiger partial charge in [0, 0.05) is 0 Å². The predicted octanol–water partition coefficient (Wildman–Crippen LogP) is 0.712. The van der Waals surface area contributed by atoms with Gasteiger partial charge >= 0.3 is 11.9 Å². The minimum atomic E-state index is -1.41. The number of esters is 1. The van der Waals surface area contributed by atoms with Gasteiger partial charge in [-0.25, -0.2) is 9.18 Å². The Morgan fingerprint density at radius 2 is 1.95 bits per heavy atom. The molecule has 0 spiro atoms. The van der Waals surface area contributed by atoms with Crippen LogP contribution >= 0.6 is 0 Å². The van der Waals surface area contributed by atoms with Gasteiger partial charge in [0.2, 0.25) is 0 Å². The molecular weight excluding hydrogens is 253 g/mol. The van der Waals surface area contributed by atoms with Crippen molar-refractivity contribution in [1.82, 2.24) is 5.32 Å². The normalized spacial score (nSPS) is 13.5. The van der Waals surface area contributed by atoms with Gasteiger partial charge in [0.05, 0.1) is 13.2 Å². The van der Waals surface area contributed by atoms with Crippen LogP contribution in [0.2, 0.25) is 0 Å². The lowest BCUT2D eigenvalue weighted by molar-refractivity contribution is -0.155. The van der Waals surface area contributed by atoms with Gasteiger partial charge < -0.3 is 15.2 Å². The van der Waals surface area contributed by atoms with E-state index in [1.807, 2.05) is 0 Å². The quantitative estimate of drug-likeness (QED) is 0.623. The Morgan fingerprint density at radius 1 is 1.37 bits per heavy atom. The van der Waals surface area contributed by atoms with Crippen LogP contribution in [-0.4, -0.2) is 30.1 Å². The van der Waals surface area contributed by atoms with E-state index in [-0.39, 0.29) is 13.2 Å². The first-order chi connectivity index (χ1) is 8.86. The van der Waals surface area contributed by atoms with Gasteiger partial charge in [-0.15, -0.1) is 0 Å². The summed E-state index contributed by atoms with van der Waals surface area (Å²) in [4.78, 5) is 22.4. The summed E-state index contributed by atoms with van der Waals surface area (Å²) < 4.78 is 17.3. The summed E-state index contributed by atoms with van der Waals surface area (Å²) in [5, 5.41) is 12.4. The first-order valence-corrected chi connectivity index (χ1v) is 5.80. The smallest absolute Gasteiger partial charge is 0.396 e. The molecule has 0 saturated heterocycles. The third-order valence-corrected chi connectivity index (χ3v) is 2.52. The molecule has 1 unspecified atom stereocenters. The molecule has 19 heavy (non-hydrogen) atoms. The number of hydrogen-bond donors (Lipinski definition) is 2. The number of carbonyl (C=O) groups is 2. The minimum Gasteiger partial charge on any atom is -0.459 e. The summed E-state index contributed by atoms with van der Waals surface area (Å²) in [6, 6.07) is 5.23. The zero-order valence-corrected chi connectivity index (χ0v) is 10.8. The molecule has 0 bridgehead atoms. The van der Waals surface area contributed by atoms with Crippen LogP contribution in [0.3, 0.4) is 0 Å². The number of nitrogens with one attached hydrogen (secondary N) is 1. The van der Waals surface area contributed by atoms with E-state index in [1.54, 1.807) is 6.92 Å². The molecule has 6 heteroatoms. The minimum absolute atomic E-state index is 0.0978. The molecule has 1 aromatic rings. The van der Waals surface area contributed by atoms with Gasteiger partial charge in [0.15, 0.2) is 0 Å². The Morgan fingerprint density at radius 3 is 2.47 bits per heavy atom. The van der Waals surface area contributed by atoms with Gasteiger partial charge in [0.25, 0.3) is 0 Å². The second-order valence-corrected chi connectivity index (χ2v) is 4.18. The molecule has 0 aliphatic rings. The Kier molecular flexibility index (Phi) is 5.00. The Labute approximate surface area is 110 Å². The predicted molar refractivity (Wildman–Crippen MR) is 65.6 cm³/mol. The summed E-state index contributed by atoms with van der Waals surface area (Å²) in [7, 11) is 0. The van der Waals surface area contributed by atoms with E-state index in [2.05, 4.69) is 10.1 Å². The number of amides is 1. The number of rotatable bonds is 4. The maximum atomic E-state index is 12.8. The zero-order valence-electron chi connectivity index (χ0n) is 10.8. The maximum Gasteiger partial charge on any atom is 0.396 e. The molecule has 0 heterocycles. The summed E-state index contributed by atoms with van der Waals surface area (Å²) >= 11 is 0. The topological polar surface area (TPSA) is 75.6 Å². The Hall–Kier alpha value is -1.95. The van der Waals surface area contributed by atoms with E-state index in [0.29, 0.717) is 5.56 Å². The van der Waals surface area contributed by atoms with E-state index in [9.17, 15) is 19.1 Å². The molecule has 2 N–H and O–H groups in total. The first-order valence-electron chi connectivity index (χ1n) is 5.80. The van der Waals surface area contributed by atoms with Crippen molar-refractivity contribution in [3.8, 4) is 0 Å². The van der Waals surface area contributed by atoms with Gasteiger partial charge in [-0.2, -0.15) is 0 Å².